The van der Waals surface area contributed by atoms with Crippen LogP contribution in [0.1, 0.15) is 65.0 Å². The SMILES string of the molecule is C/C=N\N1C=CC(Oc2ccc(Nc3ncnc4ccc(CCC)c(OCC(C)CC(C)CC)c34)cc2C)=CC1. The number of aryl methyl sites for hydroxylation is 2. The highest BCUT2D eigenvalue weighted by Crippen LogP contribution is 2.36. The first-order valence-corrected chi connectivity index (χ1v) is 14.5. The van der Waals surface area contributed by atoms with Gasteiger partial charge in [0.25, 0.3) is 0 Å². The molecule has 40 heavy (non-hydrogen) atoms. The number of hydrogen-bond donors (Lipinski definition) is 1. The monoisotopic (exact) mass is 541 g/mol. The topological polar surface area (TPSA) is 71.9 Å². The van der Waals surface area contributed by atoms with Crippen LogP contribution in [-0.4, -0.2) is 34.3 Å². The van der Waals surface area contributed by atoms with Crippen LogP contribution >= 0.6 is 0 Å². The van der Waals surface area contributed by atoms with E-state index in [0.717, 1.165) is 64.5 Å². The Labute approximate surface area is 239 Å². The smallest absolute Gasteiger partial charge is 0.145 e. The van der Waals surface area contributed by atoms with Crippen molar-refractivity contribution in [3.8, 4) is 11.5 Å². The molecular formula is C33H43N5O2. The summed E-state index contributed by atoms with van der Waals surface area (Å²) < 4.78 is 12.7. The number of nitrogens with one attached hydrogen (secondary N) is 1. The number of nitrogens with zero attached hydrogens (tertiary/aromatic N) is 4. The van der Waals surface area contributed by atoms with Crippen LogP contribution in [0.25, 0.3) is 10.9 Å². The zero-order valence-electron chi connectivity index (χ0n) is 24.8. The number of rotatable bonds is 13. The van der Waals surface area contributed by atoms with Crippen LogP contribution in [0.2, 0.25) is 0 Å². The highest BCUT2D eigenvalue weighted by Gasteiger charge is 2.17. The van der Waals surface area contributed by atoms with Gasteiger partial charge in [0.2, 0.25) is 0 Å². The highest BCUT2D eigenvalue weighted by atomic mass is 16.5. The van der Waals surface area contributed by atoms with Crippen LogP contribution < -0.4 is 14.8 Å². The van der Waals surface area contributed by atoms with Crippen molar-refractivity contribution in [2.45, 2.75) is 67.2 Å². The average molecular weight is 542 g/mol. The molecule has 1 N–H and O–H groups in total. The molecule has 2 atom stereocenters. The van der Waals surface area contributed by atoms with Crippen molar-refractivity contribution in [2.24, 2.45) is 16.9 Å². The fraction of sp³-hybridized carbons (Fsp3) is 0.424. The molecule has 0 fully saturated rings. The Morgan fingerprint density at radius 3 is 2.67 bits per heavy atom. The van der Waals surface area contributed by atoms with E-state index in [0.29, 0.717) is 25.0 Å². The van der Waals surface area contributed by atoms with Gasteiger partial charge in [0, 0.05) is 18.1 Å². The molecule has 0 aliphatic carbocycles. The Bertz CT molecular complexity index is 1380. The van der Waals surface area contributed by atoms with E-state index in [1.807, 2.05) is 49.3 Å². The first-order chi connectivity index (χ1) is 19.4. The summed E-state index contributed by atoms with van der Waals surface area (Å²) in [7, 11) is 0. The number of aromatic nitrogens is 2. The molecule has 0 spiro atoms. The number of anilines is 2. The Morgan fingerprint density at radius 2 is 1.98 bits per heavy atom. The van der Waals surface area contributed by atoms with Crippen molar-refractivity contribution in [1.29, 1.82) is 0 Å². The molecule has 3 aromatic rings. The van der Waals surface area contributed by atoms with Gasteiger partial charge in [-0.3, -0.25) is 5.01 Å². The van der Waals surface area contributed by atoms with Gasteiger partial charge in [-0.2, -0.15) is 5.10 Å². The van der Waals surface area contributed by atoms with Crippen LogP contribution in [0.4, 0.5) is 11.5 Å². The largest absolute Gasteiger partial charge is 0.492 e. The van der Waals surface area contributed by atoms with Gasteiger partial charge in [0.1, 0.15) is 29.4 Å². The third-order valence-corrected chi connectivity index (χ3v) is 7.19. The second-order valence-electron chi connectivity index (χ2n) is 10.7. The Kier molecular flexibility index (Phi) is 10.2. The van der Waals surface area contributed by atoms with Gasteiger partial charge in [-0.1, -0.05) is 46.6 Å². The normalized spacial score (nSPS) is 14.8. The molecule has 1 aromatic heterocycles. The summed E-state index contributed by atoms with van der Waals surface area (Å²) >= 11 is 0. The minimum atomic E-state index is 0.465. The van der Waals surface area contributed by atoms with E-state index in [2.05, 4.69) is 66.3 Å². The molecule has 4 rings (SSSR count). The summed E-state index contributed by atoms with van der Waals surface area (Å²) in [6.45, 7) is 14.3. The summed E-state index contributed by atoms with van der Waals surface area (Å²) in [5, 5.41) is 10.6. The summed E-state index contributed by atoms with van der Waals surface area (Å²) in [5.74, 6) is 4.41. The van der Waals surface area contributed by atoms with Crippen molar-refractivity contribution >= 4 is 28.6 Å². The molecule has 0 saturated heterocycles. The van der Waals surface area contributed by atoms with Gasteiger partial charge in [-0.05, 0) is 86.1 Å². The number of allylic oxidation sites excluding steroid dienone is 1. The van der Waals surface area contributed by atoms with Gasteiger partial charge >= 0.3 is 0 Å². The molecule has 0 amide bonds. The average Bonchev–Trinajstić information content (AvgIpc) is 2.95. The van der Waals surface area contributed by atoms with Crippen molar-refractivity contribution in [3.63, 3.8) is 0 Å². The summed E-state index contributed by atoms with van der Waals surface area (Å²) in [6.07, 6.45) is 13.6. The van der Waals surface area contributed by atoms with Gasteiger partial charge in [0.15, 0.2) is 0 Å². The first-order valence-electron chi connectivity index (χ1n) is 14.5. The molecule has 0 radical (unpaired) electrons. The zero-order chi connectivity index (χ0) is 28.5. The maximum Gasteiger partial charge on any atom is 0.145 e. The zero-order valence-corrected chi connectivity index (χ0v) is 24.8. The lowest BCUT2D eigenvalue weighted by Gasteiger charge is -2.20. The summed E-state index contributed by atoms with van der Waals surface area (Å²) in [4.78, 5) is 9.22. The van der Waals surface area contributed by atoms with E-state index < -0.39 is 0 Å². The summed E-state index contributed by atoms with van der Waals surface area (Å²) in [5.41, 5.74) is 4.02. The molecular weight excluding hydrogens is 498 g/mol. The van der Waals surface area contributed by atoms with Gasteiger partial charge in [-0.15, -0.1) is 0 Å². The molecule has 2 aromatic carbocycles. The maximum atomic E-state index is 6.57. The molecule has 2 unspecified atom stereocenters. The van der Waals surface area contributed by atoms with Crippen molar-refractivity contribution < 1.29 is 9.47 Å². The maximum absolute atomic E-state index is 6.57. The minimum absolute atomic E-state index is 0.465. The number of benzene rings is 2. The van der Waals surface area contributed by atoms with Crippen molar-refractivity contribution in [3.05, 3.63) is 71.9 Å². The number of hydrogen-bond acceptors (Lipinski definition) is 7. The molecule has 2 heterocycles. The standard InChI is InChI=1S/C33H43N5O2/c1-7-10-26-11-13-29-31(32(26)39-21-24(5)19-23(4)8-2)33(35-22-34-29)37-27-12-14-30(25(6)20-27)40-28-15-17-38(18-16-28)36-9-3/h9,11-17,20,22-24H,7-8,10,18-19,21H2,1-6H3,(H,34,35,37)/b36-9-. The summed E-state index contributed by atoms with van der Waals surface area (Å²) in [6, 6.07) is 10.3. The fourth-order valence-electron chi connectivity index (χ4n) is 4.93. The van der Waals surface area contributed by atoms with Crippen molar-refractivity contribution in [1.82, 2.24) is 15.0 Å². The van der Waals surface area contributed by atoms with Crippen LogP contribution in [0.15, 0.2) is 65.9 Å². The molecule has 1 aliphatic rings. The lowest BCUT2D eigenvalue weighted by atomic mass is 9.96. The minimum Gasteiger partial charge on any atom is -0.492 e. The predicted molar refractivity (Wildman–Crippen MR) is 165 cm³/mol. The predicted octanol–water partition coefficient (Wildman–Crippen LogP) is 8.18. The second kappa shape index (κ2) is 14.0. The lowest BCUT2D eigenvalue weighted by Crippen LogP contribution is -2.14. The molecule has 0 saturated carbocycles. The highest BCUT2D eigenvalue weighted by molar-refractivity contribution is 5.96. The second-order valence-corrected chi connectivity index (χ2v) is 10.7. The van der Waals surface area contributed by atoms with Crippen LogP contribution in [-0.2, 0) is 6.42 Å². The number of hydrazone groups is 1. The van der Waals surface area contributed by atoms with Gasteiger partial charge in [0.05, 0.1) is 24.1 Å². The molecule has 7 nitrogen and oxygen atoms in total. The van der Waals surface area contributed by atoms with E-state index in [1.54, 1.807) is 12.5 Å². The van der Waals surface area contributed by atoms with Gasteiger partial charge in [-0.25, -0.2) is 9.97 Å². The molecule has 0 bridgehead atoms. The van der Waals surface area contributed by atoms with E-state index in [-0.39, 0.29) is 0 Å². The molecule has 212 valence electrons. The lowest BCUT2D eigenvalue weighted by molar-refractivity contribution is 0.235. The number of fused-ring (bicyclic) bond motifs is 1. The third-order valence-electron chi connectivity index (χ3n) is 7.19. The Hall–Kier alpha value is -3.87. The van der Waals surface area contributed by atoms with Gasteiger partial charge < -0.3 is 14.8 Å². The van der Waals surface area contributed by atoms with E-state index >= 15 is 0 Å². The van der Waals surface area contributed by atoms with Crippen LogP contribution in [0.5, 0.6) is 11.5 Å². The Balaban J connectivity index is 1.57. The Morgan fingerprint density at radius 1 is 1.12 bits per heavy atom. The third kappa shape index (κ3) is 7.40. The molecule has 1 aliphatic heterocycles. The quantitative estimate of drug-likeness (QED) is 0.220. The van der Waals surface area contributed by atoms with Crippen LogP contribution in [0, 0.1) is 18.8 Å². The molecule has 7 heteroatoms. The fourth-order valence-corrected chi connectivity index (χ4v) is 4.93. The van der Waals surface area contributed by atoms with E-state index in [1.165, 1.54) is 12.0 Å². The van der Waals surface area contributed by atoms with Crippen molar-refractivity contribution in [2.75, 3.05) is 18.5 Å². The first kappa shape index (κ1) is 29.1. The van der Waals surface area contributed by atoms with E-state index in [4.69, 9.17) is 9.47 Å². The van der Waals surface area contributed by atoms with Crippen LogP contribution in [0.3, 0.4) is 0 Å². The van der Waals surface area contributed by atoms with E-state index in [9.17, 15) is 0 Å². The number of ether oxygens (including phenoxy) is 2.